The first-order chi connectivity index (χ1) is 25.7. The third kappa shape index (κ3) is 5.44. The van der Waals surface area contributed by atoms with Gasteiger partial charge in [0.2, 0.25) is 0 Å². The van der Waals surface area contributed by atoms with Crippen LogP contribution in [0.1, 0.15) is 99.8 Å². The molecule has 0 aromatic heterocycles. The summed E-state index contributed by atoms with van der Waals surface area (Å²) < 4.78 is 31.2. The van der Waals surface area contributed by atoms with Crippen molar-refractivity contribution in [3.8, 4) is 0 Å². The first-order valence-electron chi connectivity index (χ1n) is 20.9. The van der Waals surface area contributed by atoms with Gasteiger partial charge in [-0.1, -0.05) is 53.7 Å². The van der Waals surface area contributed by atoms with E-state index in [1.54, 1.807) is 6.92 Å². The minimum atomic E-state index is -1.72. The van der Waals surface area contributed by atoms with Crippen LogP contribution in [0, 0.1) is 50.2 Å². The van der Waals surface area contributed by atoms with Gasteiger partial charge >= 0.3 is 0 Å². The second-order valence-corrected chi connectivity index (χ2v) is 21.0. The monoisotopic (exact) mass is 780 g/mol. The molecule has 13 nitrogen and oxygen atoms in total. The van der Waals surface area contributed by atoms with E-state index in [-0.39, 0.29) is 51.4 Å². The van der Waals surface area contributed by atoms with Gasteiger partial charge in [-0.25, -0.2) is 0 Å². The van der Waals surface area contributed by atoms with Crippen molar-refractivity contribution in [1.82, 2.24) is 0 Å². The van der Waals surface area contributed by atoms with Crippen LogP contribution < -0.4 is 0 Å². The zero-order valence-electron chi connectivity index (χ0n) is 33.7. The number of aliphatic hydroxyl groups excluding tert-OH is 8. The van der Waals surface area contributed by atoms with Gasteiger partial charge in [0.25, 0.3) is 0 Å². The minimum absolute atomic E-state index is 0.0414. The van der Waals surface area contributed by atoms with Gasteiger partial charge in [-0.15, -0.1) is 0 Å². The molecule has 0 unspecified atom stereocenters. The zero-order valence-corrected chi connectivity index (χ0v) is 33.7. The van der Waals surface area contributed by atoms with Gasteiger partial charge in [0, 0.05) is 22.2 Å². The van der Waals surface area contributed by atoms with Gasteiger partial charge in [-0.2, -0.15) is 0 Å². The topological polar surface area (TPSA) is 208 Å². The summed E-state index contributed by atoms with van der Waals surface area (Å²) in [5, 5.41) is 87.0. The number of hydrogen-bond donors (Lipinski definition) is 8. The van der Waals surface area contributed by atoms with Gasteiger partial charge in [-0.3, -0.25) is 0 Å². The summed E-state index contributed by atoms with van der Waals surface area (Å²) in [6, 6.07) is 0. The lowest BCUT2D eigenvalue weighted by molar-refractivity contribution is -0.367. The smallest absolute Gasteiger partial charge is 0.187 e. The van der Waals surface area contributed by atoms with Crippen LogP contribution in [0.4, 0.5) is 0 Å². The summed E-state index contributed by atoms with van der Waals surface area (Å²) in [7, 11) is 0. The van der Waals surface area contributed by atoms with E-state index < -0.39 is 91.2 Å². The molecule has 314 valence electrons. The van der Waals surface area contributed by atoms with Gasteiger partial charge < -0.3 is 64.5 Å². The summed E-state index contributed by atoms with van der Waals surface area (Å²) >= 11 is 0. The number of aliphatic hydroxyl groups is 8. The normalized spacial score (nSPS) is 59.7. The van der Waals surface area contributed by atoms with Crippen LogP contribution in [-0.4, -0.2) is 140 Å². The van der Waals surface area contributed by atoms with Crippen LogP contribution in [0.3, 0.4) is 0 Å². The average Bonchev–Trinajstić information content (AvgIpc) is 3.41. The second-order valence-electron chi connectivity index (χ2n) is 21.0. The SMILES string of the molecule is C[C@H]1O[C@@H](O[C@H]2CC[C@@]3(C)[C@@H](CC[C@]4(C)[C@@H]3C=C[C@]35OC[C@@]6(CCC(C)(C)C[C@@H]63)[C@@H](O)C[C@]54C)[C@]2(C)CO)[C@H](O)[C@@H](O[C@@H]2O[C@H](CO)[C@@H](O)[C@H](O)[C@H]2O)[C@H]1O. The summed E-state index contributed by atoms with van der Waals surface area (Å²) in [6.45, 7) is 15.4. The molecule has 7 fully saturated rings. The number of rotatable bonds is 6. The van der Waals surface area contributed by atoms with E-state index in [0.717, 1.165) is 38.5 Å². The molecule has 21 atom stereocenters. The second kappa shape index (κ2) is 13.4. The fourth-order valence-corrected chi connectivity index (χ4v) is 14.3. The fourth-order valence-electron chi connectivity index (χ4n) is 14.3. The maximum Gasteiger partial charge on any atom is 0.187 e. The molecular formula is C42H68O13. The molecule has 0 radical (unpaired) electrons. The van der Waals surface area contributed by atoms with Crippen molar-refractivity contribution in [2.24, 2.45) is 50.2 Å². The highest BCUT2D eigenvalue weighted by Gasteiger charge is 2.79. The Kier molecular flexibility index (Phi) is 9.95. The average molecular weight is 781 g/mol. The van der Waals surface area contributed by atoms with E-state index in [9.17, 15) is 40.9 Å². The maximum atomic E-state index is 12.1. The number of allylic oxidation sites excluding steroid dienone is 1. The molecule has 55 heavy (non-hydrogen) atoms. The Morgan fingerprint density at radius 3 is 2.13 bits per heavy atom. The molecule has 3 heterocycles. The Hall–Kier alpha value is -0.780. The molecule has 5 aliphatic carbocycles. The standard InChI is InChI=1S/C42H68O13/c1-21-28(46)33(55-34-31(49)30(48)29(47)22(18-43)53-34)32(50)35(52-21)54-27-10-11-37(4)23(38(27,5)19-44)8-12-39(6)24(37)9-13-42-25-16-36(2,3)14-15-41(25,20-51-42)26(45)17-40(39,42)7/h9,13,21-35,43-50H,8,10-12,14-20H2,1-7H3/t21-,22-,23-,24-,25+,26+,27+,28+,29-,30+,31-,32-,33+,34+,35+,37+,38+,39-,40+,41-,42+/m1/s1. The quantitative estimate of drug-likeness (QED) is 0.143. The molecule has 8 aliphatic rings. The molecule has 13 heteroatoms. The van der Waals surface area contributed by atoms with E-state index >= 15 is 0 Å². The number of fused-ring (bicyclic) bond motifs is 4. The summed E-state index contributed by atoms with van der Waals surface area (Å²) in [5.41, 5.74) is -1.90. The highest BCUT2D eigenvalue weighted by Crippen LogP contribution is 2.79. The Bertz CT molecular complexity index is 1490. The van der Waals surface area contributed by atoms with Crippen molar-refractivity contribution in [2.45, 2.75) is 179 Å². The Labute approximate surface area is 325 Å². The Morgan fingerprint density at radius 2 is 1.44 bits per heavy atom. The highest BCUT2D eigenvalue weighted by molar-refractivity contribution is 5.36. The van der Waals surface area contributed by atoms with Crippen molar-refractivity contribution in [2.75, 3.05) is 19.8 Å². The van der Waals surface area contributed by atoms with E-state index in [1.165, 1.54) is 0 Å². The van der Waals surface area contributed by atoms with E-state index in [0.29, 0.717) is 19.4 Å². The zero-order chi connectivity index (χ0) is 39.9. The molecule has 0 amide bonds. The van der Waals surface area contributed by atoms with E-state index in [4.69, 9.17) is 23.7 Å². The molecule has 8 N–H and O–H groups in total. The molecule has 4 saturated carbocycles. The van der Waals surface area contributed by atoms with Crippen molar-refractivity contribution >= 4 is 0 Å². The lowest BCUT2D eigenvalue weighted by atomic mass is 9.32. The number of hydrogen-bond acceptors (Lipinski definition) is 13. The fraction of sp³-hybridized carbons (Fsp3) is 0.952. The molecule has 3 aliphatic heterocycles. The van der Waals surface area contributed by atoms with Crippen molar-refractivity contribution < 1.29 is 64.5 Å². The summed E-state index contributed by atoms with van der Waals surface area (Å²) in [4.78, 5) is 0. The van der Waals surface area contributed by atoms with Crippen LogP contribution in [0.2, 0.25) is 0 Å². The Balaban J connectivity index is 1.05. The summed E-state index contributed by atoms with van der Waals surface area (Å²) in [6.07, 6.45) is -3.39. The largest absolute Gasteiger partial charge is 0.396 e. The van der Waals surface area contributed by atoms with Crippen molar-refractivity contribution in [3.63, 3.8) is 0 Å². The van der Waals surface area contributed by atoms with Crippen molar-refractivity contribution in [3.05, 3.63) is 12.2 Å². The maximum absolute atomic E-state index is 12.1. The third-order valence-electron chi connectivity index (χ3n) is 17.9. The molecule has 2 bridgehead atoms. The minimum Gasteiger partial charge on any atom is -0.396 e. The van der Waals surface area contributed by atoms with Gasteiger partial charge in [0.1, 0.15) is 42.7 Å². The molecule has 0 aromatic carbocycles. The van der Waals surface area contributed by atoms with Crippen molar-refractivity contribution in [1.29, 1.82) is 0 Å². The van der Waals surface area contributed by atoms with E-state index in [2.05, 4.69) is 53.7 Å². The molecule has 3 saturated heterocycles. The van der Waals surface area contributed by atoms with Gasteiger partial charge in [0.15, 0.2) is 12.6 Å². The first kappa shape index (κ1) is 41.0. The third-order valence-corrected chi connectivity index (χ3v) is 17.9. The van der Waals surface area contributed by atoms with Crippen LogP contribution in [-0.2, 0) is 23.7 Å². The number of ether oxygens (including phenoxy) is 5. The van der Waals surface area contributed by atoms with E-state index in [1.807, 2.05) is 0 Å². The predicted octanol–water partition coefficient (Wildman–Crippen LogP) is 1.78. The van der Waals surface area contributed by atoms with Crippen LogP contribution in [0.25, 0.3) is 0 Å². The lowest BCUT2D eigenvalue weighted by Crippen LogP contribution is -2.72. The van der Waals surface area contributed by atoms with Gasteiger partial charge in [0.05, 0.1) is 43.7 Å². The lowest BCUT2D eigenvalue weighted by Gasteiger charge is -2.73. The molecule has 8 rings (SSSR count). The molecular weight excluding hydrogens is 712 g/mol. The summed E-state index contributed by atoms with van der Waals surface area (Å²) in [5.74, 6) is 0.449. The van der Waals surface area contributed by atoms with Crippen LogP contribution >= 0.6 is 0 Å². The predicted molar refractivity (Wildman–Crippen MR) is 197 cm³/mol. The highest BCUT2D eigenvalue weighted by atomic mass is 16.7. The first-order valence-corrected chi connectivity index (χ1v) is 20.9. The Morgan fingerprint density at radius 1 is 0.727 bits per heavy atom. The van der Waals surface area contributed by atoms with Crippen LogP contribution in [0.5, 0.6) is 0 Å². The molecule has 0 aromatic rings. The molecule has 1 spiro atoms. The van der Waals surface area contributed by atoms with Crippen LogP contribution in [0.15, 0.2) is 12.2 Å². The van der Waals surface area contributed by atoms with Gasteiger partial charge in [-0.05, 0) is 86.4 Å².